The Bertz CT molecular complexity index is 1110. The molecule has 1 aromatic heterocycles. The lowest BCUT2D eigenvalue weighted by Crippen LogP contribution is -2.16. The Labute approximate surface area is 168 Å². The molecule has 3 rings (SSSR count). The first kappa shape index (κ1) is 20.3. The largest absolute Gasteiger partial charge is 0.508 e. The molecular formula is C17H14ClF2N3O3S2. The zero-order valence-electron chi connectivity index (χ0n) is 14.3. The SMILES string of the molecule is CC(Nc1cc(F)c(S(=O)(=O)Nc2cscn2)cc1Cl)c1cc(O)ccc1F. The van der Waals surface area contributed by atoms with Crippen LogP contribution in [0.3, 0.4) is 0 Å². The van der Waals surface area contributed by atoms with Crippen LogP contribution in [0.4, 0.5) is 20.3 Å². The first-order chi connectivity index (χ1) is 13.2. The van der Waals surface area contributed by atoms with Gasteiger partial charge >= 0.3 is 0 Å². The molecule has 0 aliphatic carbocycles. The Kier molecular flexibility index (Phi) is 5.73. The van der Waals surface area contributed by atoms with Crippen molar-refractivity contribution < 1.29 is 22.3 Å². The van der Waals surface area contributed by atoms with E-state index in [4.69, 9.17) is 11.6 Å². The molecule has 1 heterocycles. The fourth-order valence-corrected chi connectivity index (χ4v) is 4.40. The Morgan fingerprint density at radius 3 is 2.64 bits per heavy atom. The number of hydrogen-bond acceptors (Lipinski definition) is 6. The predicted molar refractivity (Wildman–Crippen MR) is 104 cm³/mol. The van der Waals surface area contributed by atoms with Crippen LogP contribution in [0.1, 0.15) is 18.5 Å². The van der Waals surface area contributed by atoms with Gasteiger partial charge in [0.2, 0.25) is 0 Å². The molecule has 148 valence electrons. The van der Waals surface area contributed by atoms with E-state index in [1.165, 1.54) is 34.4 Å². The molecule has 3 N–H and O–H groups in total. The minimum Gasteiger partial charge on any atom is -0.508 e. The third kappa shape index (κ3) is 4.34. The van der Waals surface area contributed by atoms with Crippen LogP contribution >= 0.6 is 22.9 Å². The Balaban J connectivity index is 1.88. The monoisotopic (exact) mass is 445 g/mol. The number of sulfonamides is 1. The second kappa shape index (κ2) is 7.90. The highest BCUT2D eigenvalue weighted by Gasteiger charge is 2.23. The fourth-order valence-electron chi connectivity index (χ4n) is 2.47. The summed E-state index contributed by atoms with van der Waals surface area (Å²) in [6.07, 6.45) is 0. The van der Waals surface area contributed by atoms with E-state index in [1.807, 2.05) is 0 Å². The van der Waals surface area contributed by atoms with E-state index in [0.29, 0.717) is 0 Å². The summed E-state index contributed by atoms with van der Waals surface area (Å²) in [6, 6.07) is 4.72. The molecule has 0 spiro atoms. The van der Waals surface area contributed by atoms with Gasteiger partial charge in [0.15, 0.2) is 5.82 Å². The zero-order chi connectivity index (χ0) is 20.5. The third-order valence-electron chi connectivity index (χ3n) is 3.80. The average Bonchev–Trinajstić information content (AvgIpc) is 3.11. The van der Waals surface area contributed by atoms with Gasteiger partial charge in [-0.25, -0.2) is 22.2 Å². The maximum atomic E-state index is 14.5. The van der Waals surface area contributed by atoms with Gasteiger partial charge < -0.3 is 10.4 Å². The molecule has 0 amide bonds. The highest BCUT2D eigenvalue weighted by atomic mass is 35.5. The summed E-state index contributed by atoms with van der Waals surface area (Å²) in [4.78, 5) is 3.14. The van der Waals surface area contributed by atoms with Crippen molar-refractivity contribution in [1.29, 1.82) is 0 Å². The van der Waals surface area contributed by atoms with Gasteiger partial charge in [0.25, 0.3) is 10.0 Å². The van der Waals surface area contributed by atoms with E-state index in [2.05, 4.69) is 15.0 Å². The standard InChI is InChI=1S/C17H14ClF2N3O3S2/c1-9(11-4-10(24)2-3-13(11)19)22-15-6-14(20)16(5-12(15)18)28(25,26)23-17-7-27-8-21-17/h2-9,22-24H,1H3. The lowest BCUT2D eigenvalue weighted by Gasteiger charge is -2.18. The molecule has 11 heteroatoms. The number of halogens is 3. The van der Waals surface area contributed by atoms with Crippen LogP contribution in [0, 0.1) is 11.6 Å². The lowest BCUT2D eigenvalue weighted by molar-refractivity contribution is 0.470. The number of anilines is 2. The molecule has 28 heavy (non-hydrogen) atoms. The zero-order valence-corrected chi connectivity index (χ0v) is 16.7. The number of nitrogens with zero attached hydrogens (tertiary/aromatic N) is 1. The molecule has 3 aromatic rings. The number of thiazole rings is 1. The average molecular weight is 446 g/mol. The van der Waals surface area contributed by atoms with Gasteiger partial charge in [-0.15, -0.1) is 11.3 Å². The Morgan fingerprint density at radius 2 is 1.96 bits per heavy atom. The van der Waals surface area contributed by atoms with Crippen molar-refractivity contribution in [2.75, 3.05) is 10.0 Å². The summed E-state index contributed by atoms with van der Waals surface area (Å²) in [5.74, 6) is -1.67. The van der Waals surface area contributed by atoms with E-state index in [9.17, 15) is 22.3 Å². The van der Waals surface area contributed by atoms with Gasteiger partial charge in [0.05, 0.1) is 22.3 Å². The molecule has 1 unspecified atom stereocenters. The van der Waals surface area contributed by atoms with Crippen molar-refractivity contribution in [2.24, 2.45) is 0 Å². The van der Waals surface area contributed by atoms with Crippen LogP contribution < -0.4 is 10.0 Å². The molecule has 0 aliphatic heterocycles. The highest BCUT2D eigenvalue weighted by molar-refractivity contribution is 7.92. The number of hydrogen-bond donors (Lipinski definition) is 3. The predicted octanol–water partition coefficient (Wildman–Crippen LogP) is 4.75. The Hall–Kier alpha value is -2.43. The minimum atomic E-state index is -4.23. The fraction of sp³-hybridized carbons (Fsp3) is 0.118. The van der Waals surface area contributed by atoms with Crippen LogP contribution in [0.2, 0.25) is 5.02 Å². The molecule has 6 nitrogen and oxygen atoms in total. The summed E-state index contributed by atoms with van der Waals surface area (Å²) in [5.41, 5.74) is 1.64. The molecule has 2 aromatic carbocycles. The summed E-state index contributed by atoms with van der Waals surface area (Å²) in [7, 11) is -4.23. The number of phenols is 1. The first-order valence-electron chi connectivity index (χ1n) is 7.82. The molecule has 0 radical (unpaired) electrons. The number of aromatic nitrogens is 1. The van der Waals surface area contributed by atoms with E-state index in [1.54, 1.807) is 6.92 Å². The third-order valence-corrected chi connectivity index (χ3v) is 6.07. The van der Waals surface area contributed by atoms with Gasteiger partial charge in [-0.1, -0.05) is 11.6 Å². The summed E-state index contributed by atoms with van der Waals surface area (Å²) >= 11 is 7.29. The minimum absolute atomic E-state index is 0.0655. The van der Waals surface area contributed by atoms with E-state index in [-0.39, 0.29) is 27.8 Å². The first-order valence-corrected chi connectivity index (χ1v) is 10.6. The lowest BCUT2D eigenvalue weighted by atomic mass is 10.1. The van der Waals surface area contributed by atoms with Crippen LogP contribution in [-0.2, 0) is 10.0 Å². The summed E-state index contributed by atoms with van der Waals surface area (Å²) in [5, 5.41) is 13.7. The smallest absolute Gasteiger partial charge is 0.266 e. The Morgan fingerprint density at radius 1 is 1.21 bits per heavy atom. The van der Waals surface area contributed by atoms with E-state index in [0.717, 1.165) is 18.2 Å². The van der Waals surface area contributed by atoms with Crippen LogP contribution in [0.15, 0.2) is 46.1 Å². The van der Waals surface area contributed by atoms with Crippen molar-refractivity contribution in [3.63, 3.8) is 0 Å². The molecule has 0 saturated carbocycles. The van der Waals surface area contributed by atoms with Crippen molar-refractivity contribution >= 4 is 44.5 Å². The number of rotatable bonds is 6. The number of phenolic OH excluding ortho intramolecular Hbond substituents is 1. The van der Waals surface area contributed by atoms with Crippen molar-refractivity contribution in [3.05, 3.63) is 63.4 Å². The topological polar surface area (TPSA) is 91.3 Å². The normalized spacial score (nSPS) is 12.6. The quantitative estimate of drug-likeness (QED) is 0.509. The van der Waals surface area contributed by atoms with Gasteiger partial charge in [0, 0.05) is 10.9 Å². The van der Waals surface area contributed by atoms with Crippen LogP contribution in [-0.4, -0.2) is 18.5 Å². The highest BCUT2D eigenvalue weighted by Crippen LogP contribution is 2.32. The van der Waals surface area contributed by atoms with Gasteiger partial charge in [-0.2, -0.15) is 0 Å². The van der Waals surface area contributed by atoms with Crippen molar-refractivity contribution in [1.82, 2.24) is 4.98 Å². The molecular weight excluding hydrogens is 432 g/mol. The van der Waals surface area contributed by atoms with Crippen LogP contribution in [0.5, 0.6) is 5.75 Å². The number of benzene rings is 2. The van der Waals surface area contributed by atoms with Gasteiger partial charge in [-0.05, 0) is 37.3 Å². The second-order valence-corrected chi connectivity index (χ2v) is 8.59. The van der Waals surface area contributed by atoms with Crippen molar-refractivity contribution in [2.45, 2.75) is 17.9 Å². The molecule has 0 aliphatic rings. The number of aromatic hydroxyl groups is 1. The van der Waals surface area contributed by atoms with Gasteiger partial charge in [0.1, 0.15) is 22.3 Å². The van der Waals surface area contributed by atoms with Crippen molar-refractivity contribution in [3.8, 4) is 5.75 Å². The maximum Gasteiger partial charge on any atom is 0.266 e. The second-order valence-electron chi connectivity index (χ2n) is 5.81. The molecule has 0 fully saturated rings. The summed E-state index contributed by atoms with van der Waals surface area (Å²) in [6.45, 7) is 1.58. The van der Waals surface area contributed by atoms with Crippen LogP contribution in [0.25, 0.3) is 0 Å². The summed E-state index contributed by atoms with van der Waals surface area (Å²) < 4.78 is 55.3. The maximum absolute atomic E-state index is 14.5. The molecule has 0 bridgehead atoms. The van der Waals surface area contributed by atoms with E-state index < -0.39 is 32.6 Å². The van der Waals surface area contributed by atoms with E-state index >= 15 is 0 Å². The molecule has 0 saturated heterocycles. The molecule has 1 atom stereocenters. The number of nitrogens with one attached hydrogen (secondary N) is 2. The van der Waals surface area contributed by atoms with Gasteiger partial charge in [-0.3, -0.25) is 4.72 Å².